The maximum Gasteiger partial charge on any atom is 0.193 e. The summed E-state index contributed by atoms with van der Waals surface area (Å²) in [6.45, 7) is 0. The third kappa shape index (κ3) is 2.18. The second-order valence-corrected chi connectivity index (χ2v) is 4.51. The van der Waals surface area contributed by atoms with Crippen LogP contribution >= 0.6 is 0 Å². The highest BCUT2D eigenvalue weighted by Gasteiger charge is 2.13. The van der Waals surface area contributed by atoms with Crippen LogP contribution in [0, 0.1) is 0 Å². The van der Waals surface area contributed by atoms with E-state index in [0.717, 1.165) is 0 Å². The van der Waals surface area contributed by atoms with Gasteiger partial charge in [-0.25, -0.2) is 0 Å². The van der Waals surface area contributed by atoms with Crippen molar-refractivity contribution < 1.29 is 19.4 Å². The molecule has 1 aromatic heterocycles. The lowest BCUT2D eigenvalue weighted by atomic mass is 10.1. The quantitative estimate of drug-likeness (QED) is 0.707. The number of phenolic OH excluding ortho intramolecular Hbond substituents is 2. The fraction of sp³-hybridized carbons (Fsp3) is 0.0625. The first-order valence-corrected chi connectivity index (χ1v) is 6.23. The Labute approximate surface area is 119 Å². The van der Waals surface area contributed by atoms with Crippen molar-refractivity contribution in [1.82, 2.24) is 0 Å². The van der Waals surface area contributed by atoms with Gasteiger partial charge in [0.15, 0.2) is 16.9 Å². The smallest absolute Gasteiger partial charge is 0.193 e. The molecular weight excluding hydrogens is 272 g/mol. The number of hydrogen-bond acceptors (Lipinski definition) is 5. The number of phenols is 2. The Hall–Kier alpha value is -2.95. The van der Waals surface area contributed by atoms with Gasteiger partial charge in [-0.1, -0.05) is 6.07 Å². The minimum atomic E-state index is -0.331. The summed E-state index contributed by atoms with van der Waals surface area (Å²) >= 11 is 0. The molecule has 0 saturated carbocycles. The van der Waals surface area contributed by atoms with E-state index in [-0.39, 0.29) is 28.3 Å². The molecule has 0 unspecified atom stereocenters. The lowest BCUT2D eigenvalue weighted by Gasteiger charge is -2.07. The van der Waals surface area contributed by atoms with Crippen LogP contribution in [0.25, 0.3) is 22.3 Å². The summed E-state index contributed by atoms with van der Waals surface area (Å²) in [7, 11) is 1.52. The van der Waals surface area contributed by atoms with E-state index in [4.69, 9.17) is 9.15 Å². The number of aromatic hydroxyl groups is 2. The van der Waals surface area contributed by atoms with Crippen molar-refractivity contribution in [3.63, 3.8) is 0 Å². The first kappa shape index (κ1) is 13.1. The first-order valence-electron chi connectivity index (χ1n) is 6.23. The molecule has 2 aromatic carbocycles. The molecule has 0 bridgehead atoms. The normalized spacial score (nSPS) is 10.7. The van der Waals surface area contributed by atoms with Gasteiger partial charge in [-0.2, -0.15) is 0 Å². The molecule has 106 valence electrons. The molecule has 0 aliphatic heterocycles. The monoisotopic (exact) mass is 284 g/mol. The van der Waals surface area contributed by atoms with Crippen molar-refractivity contribution in [2.24, 2.45) is 0 Å². The van der Waals surface area contributed by atoms with Crippen molar-refractivity contribution >= 4 is 11.0 Å². The van der Waals surface area contributed by atoms with Crippen molar-refractivity contribution in [3.05, 3.63) is 52.7 Å². The number of methoxy groups -OCH3 is 1. The summed E-state index contributed by atoms with van der Waals surface area (Å²) in [5.74, 6) is 0.126. The summed E-state index contributed by atoms with van der Waals surface area (Å²) in [6, 6.07) is 10.6. The Kier molecular flexibility index (Phi) is 3.02. The molecule has 3 aromatic rings. The lowest BCUT2D eigenvalue weighted by Crippen LogP contribution is -2.00. The van der Waals surface area contributed by atoms with Crippen molar-refractivity contribution in [1.29, 1.82) is 0 Å². The van der Waals surface area contributed by atoms with E-state index in [2.05, 4.69) is 0 Å². The number of rotatable bonds is 2. The van der Waals surface area contributed by atoms with Crippen molar-refractivity contribution in [2.45, 2.75) is 0 Å². The zero-order valence-electron chi connectivity index (χ0n) is 11.2. The highest BCUT2D eigenvalue weighted by atomic mass is 16.5. The molecule has 5 nitrogen and oxygen atoms in total. The van der Waals surface area contributed by atoms with Crippen LogP contribution in [-0.4, -0.2) is 17.3 Å². The van der Waals surface area contributed by atoms with Crippen LogP contribution in [0.5, 0.6) is 17.2 Å². The SMILES string of the molecule is COc1ccc2c(=O)cc(-c3cccc(O)c3O)oc2c1. The van der Waals surface area contributed by atoms with Crippen LogP contribution in [-0.2, 0) is 0 Å². The maximum absolute atomic E-state index is 12.1. The third-order valence-electron chi connectivity index (χ3n) is 3.22. The second kappa shape index (κ2) is 4.86. The zero-order chi connectivity index (χ0) is 15.0. The standard InChI is InChI=1S/C16H12O5/c1-20-9-5-6-10-13(18)8-15(21-14(10)7-9)11-3-2-4-12(17)16(11)19/h2-8,17,19H,1H3. The van der Waals surface area contributed by atoms with Gasteiger partial charge >= 0.3 is 0 Å². The molecule has 3 rings (SSSR count). The number of hydrogen-bond donors (Lipinski definition) is 2. The van der Waals surface area contributed by atoms with Gasteiger partial charge < -0.3 is 19.4 Å². The van der Waals surface area contributed by atoms with E-state index < -0.39 is 0 Å². The second-order valence-electron chi connectivity index (χ2n) is 4.51. The average Bonchev–Trinajstić information content (AvgIpc) is 2.49. The Morgan fingerprint density at radius 1 is 1.10 bits per heavy atom. The van der Waals surface area contributed by atoms with Gasteiger partial charge in [0, 0.05) is 12.1 Å². The predicted molar refractivity (Wildman–Crippen MR) is 77.8 cm³/mol. The molecule has 5 heteroatoms. The van der Waals surface area contributed by atoms with Gasteiger partial charge in [0.1, 0.15) is 17.1 Å². The van der Waals surface area contributed by atoms with E-state index in [1.807, 2.05) is 0 Å². The van der Waals surface area contributed by atoms with Gasteiger partial charge in [0.05, 0.1) is 18.1 Å². The molecule has 0 atom stereocenters. The number of ether oxygens (including phenoxy) is 1. The van der Waals surface area contributed by atoms with Gasteiger partial charge in [-0.3, -0.25) is 4.79 Å². The van der Waals surface area contributed by atoms with E-state index in [1.54, 1.807) is 30.3 Å². The van der Waals surface area contributed by atoms with E-state index >= 15 is 0 Å². The van der Waals surface area contributed by atoms with Crippen LogP contribution in [0.4, 0.5) is 0 Å². The van der Waals surface area contributed by atoms with Crippen LogP contribution < -0.4 is 10.2 Å². The summed E-state index contributed by atoms with van der Waals surface area (Å²) in [5, 5.41) is 19.8. The molecule has 0 amide bonds. The van der Waals surface area contributed by atoms with Crippen molar-refractivity contribution in [2.75, 3.05) is 7.11 Å². The average molecular weight is 284 g/mol. The fourth-order valence-corrected chi connectivity index (χ4v) is 2.13. The Morgan fingerprint density at radius 3 is 2.67 bits per heavy atom. The van der Waals surface area contributed by atoms with Crippen LogP contribution in [0.2, 0.25) is 0 Å². The molecule has 2 N–H and O–H groups in total. The molecular formula is C16H12O5. The van der Waals surface area contributed by atoms with Crippen LogP contribution in [0.3, 0.4) is 0 Å². The van der Waals surface area contributed by atoms with E-state index in [0.29, 0.717) is 16.7 Å². The largest absolute Gasteiger partial charge is 0.504 e. The van der Waals surface area contributed by atoms with E-state index in [9.17, 15) is 15.0 Å². The van der Waals surface area contributed by atoms with E-state index in [1.165, 1.54) is 19.2 Å². The predicted octanol–water partition coefficient (Wildman–Crippen LogP) is 2.88. The minimum absolute atomic E-state index is 0.175. The molecule has 0 radical (unpaired) electrons. The molecule has 21 heavy (non-hydrogen) atoms. The lowest BCUT2D eigenvalue weighted by molar-refractivity contribution is 0.404. The third-order valence-corrected chi connectivity index (χ3v) is 3.22. The summed E-state index contributed by atoms with van der Waals surface area (Å²) in [6.07, 6.45) is 0. The molecule has 0 fully saturated rings. The highest BCUT2D eigenvalue weighted by molar-refractivity contribution is 5.81. The molecule has 0 aliphatic carbocycles. The Balaban J connectivity index is 2.29. The van der Waals surface area contributed by atoms with Gasteiger partial charge in [-0.05, 0) is 24.3 Å². The molecule has 0 saturated heterocycles. The Morgan fingerprint density at radius 2 is 1.90 bits per heavy atom. The fourth-order valence-electron chi connectivity index (χ4n) is 2.13. The topological polar surface area (TPSA) is 79.9 Å². The van der Waals surface area contributed by atoms with Crippen LogP contribution in [0.15, 0.2) is 51.7 Å². The molecule has 0 spiro atoms. The molecule has 0 aliphatic rings. The first-order chi connectivity index (χ1) is 10.1. The molecule has 1 heterocycles. The van der Waals surface area contributed by atoms with Gasteiger partial charge in [-0.15, -0.1) is 0 Å². The zero-order valence-corrected chi connectivity index (χ0v) is 11.2. The number of benzene rings is 2. The Bertz CT molecular complexity index is 879. The highest BCUT2D eigenvalue weighted by Crippen LogP contribution is 2.36. The summed E-state index contributed by atoms with van der Waals surface area (Å²) < 4.78 is 10.8. The summed E-state index contributed by atoms with van der Waals surface area (Å²) in [5.41, 5.74) is 0.355. The van der Waals surface area contributed by atoms with Gasteiger partial charge in [0.25, 0.3) is 0 Å². The number of fused-ring (bicyclic) bond motifs is 1. The van der Waals surface area contributed by atoms with Crippen molar-refractivity contribution in [3.8, 4) is 28.6 Å². The van der Waals surface area contributed by atoms with Gasteiger partial charge in [0.2, 0.25) is 0 Å². The number of para-hydroxylation sites is 1. The minimum Gasteiger partial charge on any atom is -0.504 e. The summed E-state index contributed by atoms with van der Waals surface area (Å²) in [4.78, 5) is 12.1. The van der Waals surface area contributed by atoms with Crippen LogP contribution in [0.1, 0.15) is 0 Å². The maximum atomic E-state index is 12.1.